The molecule has 0 saturated heterocycles. The van der Waals surface area contributed by atoms with Crippen molar-refractivity contribution in [1.82, 2.24) is 10.3 Å². The smallest absolute Gasteiger partial charge is 0.404 e. The Kier molecular flexibility index (Phi) is 3.41. The fourth-order valence-corrected chi connectivity index (χ4v) is 2.10. The molecular formula is C13H16N2O3. The number of rotatable bonds is 4. The highest BCUT2D eigenvalue weighted by Crippen LogP contribution is 2.30. The Morgan fingerprint density at radius 2 is 2.28 bits per heavy atom. The largest absolute Gasteiger partial charge is 0.496 e. The van der Waals surface area contributed by atoms with Crippen LogP contribution in [0.1, 0.15) is 11.1 Å². The Labute approximate surface area is 105 Å². The predicted octanol–water partition coefficient (Wildman–Crippen LogP) is 2.30. The van der Waals surface area contributed by atoms with Crippen LogP contribution in [0.15, 0.2) is 18.3 Å². The molecule has 0 radical (unpaired) electrons. The second-order valence-corrected chi connectivity index (χ2v) is 4.13. The number of aryl methyl sites for hydroxylation is 1. The molecule has 0 saturated carbocycles. The van der Waals surface area contributed by atoms with E-state index < -0.39 is 6.09 Å². The summed E-state index contributed by atoms with van der Waals surface area (Å²) in [4.78, 5) is 13.6. The van der Waals surface area contributed by atoms with Crippen molar-refractivity contribution in [3.8, 4) is 5.75 Å². The molecule has 0 unspecified atom stereocenters. The van der Waals surface area contributed by atoms with Crippen molar-refractivity contribution in [2.45, 2.75) is 13.3 Å². The minimum absolute atomic E-state index is 0.388. The summed E-state index contributed by atoms with van der Waals surface area (Å²) in [6.45, 7) is 2.41. The Morgan fingerprint density at radius 3 is 2.94 bits per heavy atom. The Morgan fingerprint density at radius 1 is 1.50 bits per heavy atom. The lowest BCUT2D eigenvalue weighted by atomic mass is 10.1. The van der Waals surface area contributed by atoms with Gasteiger partial charge in [0.15, 0.2) is 0 Å². The molecule has 3 N–H and O–H groups in total. The van der Waals surface area contributed by atoms with E-state index in [0.717, 1.165) is 27.8 Å². The number of aromatic amines is 1. The number of benzene rings is 1. The zero-order valence-corrected chi connectivity index (χ0v) is 10.4. The molecule has 18 heavy (non-hydrogen) atoms. The molecule has 2 aromatic rings. The second kappa shape index (κ2) is 5.00. The SMILES string of the molecule is COc1ccc(C)c2[nH]cc(CCNC(=O)O)c12. The maximum atomic E-state index is 10.4. The summed E-state index contributed by atoms with van der Waals surface area (Å²) in [5.41, 5.74) is 3.24. The summed E-state index contributed by atoms with van der Waals surface area (Å²) in [6.07, 6.45) is 1.54. The summed E-state index contributed by atoms with van der Waals surface area (Å²) in [5.74, 6) is 0.808. The lowest BCUT2D eigenvalue weighted by molar-refractivity contribution is 0.194. The third kappa shape index (κ3) is 2.25. The summed E-state index contributed by atoms with van der Waals surface area (Å²) in [6, 6.07) is 3.93. The van der Waals surface area contributed by atoms with Crippen LogP contribution < -0.4 is 10.1 Å². The molecule has 0 bridgehead atoms. The van der Waals surface area contributed by atoms with Gasteiger partial charge in [-0.05, 0) is 30.5 Å². The number of carbonyl (C=O) groups is 1. The topological polar surface area (TPSA) is 74.3 Å². The number of fused-ring (bicyclic) bond motifs is 1. The highest BCUT2D eigenvalue weighted by atomic mass is 16.5. The standard InChI is InChI=1S/C13H16N2O3/c1-8-3-4-10(18-2)11-9(7-15-12(8)11)5-6-14-13(16)17/h3-4,7,14-15H,5-6H2,1-2H3,(H,16,17). The number of carboxylic acid groups (broad SMARTS) is 1. The van der Waals surface area contributed by atoms with E-state index in [9.17, 15) is 4.79 Å². The zero-order valence-electron chi connectivity index (χ0n) is 10.4. The van der Waals surface area contributed by atoms with Gasteiger partial charge in [0.05, 0.1) is 12.6 Å². The van der Waals surface area contributed by atoms with Crippen molar-refractivity contribution in [3.05, 3.63) is 29.5 Å². The molecule has 2 rings (SSSR count). The van der Waals surface area contributed by atoms with Crippen LogP contribution in [0.2, 0.25) is 0 Å². The first-order chi connectivity index (χ1) is 8.63. The molecule has 0 atom stereocenters. The molecule has 96 valence electrons. The highest BCUT2D eigenvalue weighted by molar-refractivity contribution is 5.91. The van der Waals surface area contributed by atoms with Crippen LogP contribution in [-0.2, 0) is 6.42 Å². The lowest BCUT2D eigenvalue weighted by Gasteiger charge is -2.06. The van der Waals surface area contributed by atoms with Crippen LogP contribution in [0, 0.1) is 6.92 Å². The number of amides is 1. The minimum atomic E-state index is -1.00. The Bertz CT molecular complexity index is 575. The number of H-pyrrole nitrogens is 1. The minimum Gasteiger partial charge on any atom is -0.496 e. The average molecular weight is 248 g/mol. The maximum Gasteiger partial charge on any atom is 0.404 e. The van der Waals surface area contributed by atoms with E-state index >= 15 is 0 Å². The predicted molar refractivity (Wildman–Crippen MR) is 69.3 cm³/mol. The van der Waals surface area contributed by atoms with Crippen LogP contribution >= 0.6 is 0 Å². The maximum absolute atomic E-state index is 10.4. The van der Waals surface area contributed by atoms with Crippen molar-refractivity contribution in [2.24, 2.45) is 0 Å². The highest BCUT2D eigenvalue weighted by Gasteiger charge is 2.11. The van der Waals surface area contributed by atoms with Crippen LogP contribution in [0.4, 0.5) is 4.79 Å². The van der Waals surface area contributed by atoms with E-state index in [-0.39, 0.29) is 0 Å². The van der Waals surface area contributed by atoms with Crippen molar-refractivity contribution < 1.29 is 14.6 Å². The van der Waals surface area contributed by atoms with Gasteiger partial charge >= 0.3 is 6.09 Å². The van der Waals surface area contributed by atoms with Crippen LogP contribution in [0.25, 0.3) is 10.9 Å². The van der Waals surface area contributed by atoms with Crippen molar-refractivity contribution in [1.29, 1.82) is 0 Å². The Hall–Kier alpha value is -2.17. The molecule has 0 aliphatic rings. The van der Waals surface area contributed by atoms with Gasteiger partial charge in [0.25, 0.3) is 0 Å². The zero-order chi connectivity index (χ0) is 13.1. The molecule has 0 aliphatic heterocycles. The molecule has 1 amide bonds. The van der Waals surface area contributed by atoms with Gasteiger partial charge in [-0.25, -0.2) is 4.79 Å². The third-order valence-electron chi connectivity index (χ3n) is 2.98. The first-order valence-electron chi connectivity index (χ1n) is 5.74. The molecule has 1 heterocycles. The van der Waals surface area contributed by atoms with Gasteiger partial charge in [-0.2, -0.15) is 0 Å². The van der Waals surface area contributed by atoms with Gasteiger partial charge in [0, 0.05) is 18.1 Å². The fourth-order valence-electron chi connectivity index (χ4n) is 2.10. The first kappa shape index (κ1) is 12.3. The molecular weight excluding hydrogens is 232 g/mol. The Balaban J connectivity index is 2.33. The number of ether oxygens (including phenoxy) is 1. The number of hydrogen-bond acceptors (Lipinski definition) is 2. The van der Waals surface area contributed by atoms with Crippen LogP contribution in [0.5, 0.6) is 5.75 Å². The first-order valence-corrected chi connectivity index (χ1v) is 5.74. The number of hydrogen-bond donors (Lipinski definition) is 3. The monoisotopic (exact) mass is 248 g/mol. The fraction of sp³-hybridized carbons (Fsp3) is 0.308. The molecule has 0 aliphatic carbocycles. The van der Waals surface area contributed by atoms with Crippen molar-refractivity contribution in [2.75, 3.05) is 13.7 Å². The van der Waals surface area contributed by atoms with Gasteiger partial charge in [0.1, 0.15) is 5.75 Å². The van der Waals surface area contributed by atoms with Crippen LogP contribution in [0.3, 0.4) is 0 Å². The molecule has 5 nitrogen and oxygen atoms in total. The van der Waals surface area contributed by atoms with E-state index in [1.165, 1.54) is 0 Å². The van der Waals surface area contributed by atoms with Gasteiger partial charge in [0.2, 0.25) is 0 Å². The molecule has 5 heteroatoms. The van der Waals surface area contributed by atoms with Gasteiger partial charge in [-0.15, -0.1) is 0 Å². The molecule has 0 spiro atoms. The van der Waals surface area contributed by atoms with E-state index in [1.54, 1.807) is 7.11 Å². The summed E-state index contributed by atoms with van der Waals surface area (Å²) in [7, 11) is 1.64. The molecule has 1 aromatic carbocycles. The van der Waals surface area contributed by atoms with Crippen molar-refractivity contribution in [3.63, 3.8) is 0 Å². The van der Waals surface area contributed by atoms with Crippen molar-refractivity contribution >= 4 is 17.0 Å². The van der Waals surface area contributed by atoms with Crippen LogP contribution in [-0.4, -0.2) is 29.8 Å². The van der Waals surface area contributed by atoms with E-state index in [1.807, 2.05) is 25.3 Å². The van der Waals surface area contributed by atoms with Gasteiger partial charge in [-0.1, -0.05) is 6.07 Å². The van der Waals surface area contributed by atoms with E-state index in [4.69, 9.17) is 9.84 Å². The summed E-state index contributed by atoms with van der Waals surface area (Å²) in [5, 5.41) is 12.0. The van der Waals surface area contributed by atoms with E-state index in [0.29, 0.717) is 13.0 Å². The summed E-state index contributed by atoms with van der Waals surface area (Å²) >= 11 is 0. The molecule has 0 fully saturated rings. The number of aromatic nitrogens is 1. The molecule has 1 aromatic heterocycles. The van der Waals surface area contributed by atoms with Gasteiger partial charge < -0.3 is 20.1 Å². The van der Waals surface area contributed by atoms with E-state index in [2.05, 4.69) is 10.3 Å². The normalized spacial score (nSPS) is 10.6. The summed E-state index contributed by atoms with van der Waals surface area (Å²) < 4.78 is 5.35. The average Bonchev–Trinajstić information content (AvgIpc) is 2.75. The second-order valence-electron chi connectivity index (χ2n) is 4.13. The number of nitrogens with one attached hydrogen (secondary N) is 2. The number of methoxy groups -OCH3 is 1. The van der Waals surface area contributed by atoms with Gasteiger partial charge in [-0.3, -0.25) is 0 Å². The quantitative estimate of drug-likeness (QED) is 0.777. The lowest BCUT2D eigenvalue weighted by Crippen LogP contribution is -2.23. The third-order valence-corrected chi connectivity index (χ3v) is 2.98.